The van der Waals surface area contributed by atoms with Gasteiger partial charge in [-0.15, -0.1) is 0 Å². The molecule has 1 aromatic carbocycles. The standard InChI is InChI=1S/C12H14BrNO2/c13-11-5-2-10(3-6-11)4-7-12(16)14-8-1-9-15/h2-7,15H,1,8-9H2,(H,14,16)/b7-4+. The van der Waals surface area contributed by atoms with Crippen molar-refractivity contribution in [3.63, 3.8) is 0 Å². The molecule has 1 aromatic rings. The summed E-state index contributed by atoms with van der Waals surface area (Å²) >= 11 is 3.34. The van der Waals surface area contributed by atoms with Crippen LogP contribution in [0.15, 0.2) is 34.8 Å². The summed E-state index contributed by atoms with van der Waals surface area (Å²) < 4.78 is 1.01. The van der Waals surface area contributed by atoms with Gasteiger partial charge in [-0.05, 0) is 30.2 Å². The van der Waals surface area contributed by atoms with Crippen LogP contribution in [0.3, 0.4) is 0 Å². The van der Waals surface area contributed by atoms with Crippen LogP contribution >= 0.6 is 15.9 Å². The van der Waals surface area contributed by atoms with Crippen molar-refractivity contribution in [1.29, 1.82) is 0 Å². The molecule has 0 unspecified atom stereocenters. The fourth-order valence-corrected chi connectivity index (χ4v) is 1.36. The fourth-order valence-electron chi connectivity index (χ4n) is 1.10. The third kappa shape index (κ3) is 5.09. The van der Waals surface area contributed by atoms with Crippen molar-refractivity contribution in [3.05, 3.63) is 40.4 Å². The Morgan fingerprint density at radius 3 is 2.69 bits per heavy atom. The summed E-state index contributed by atoms with van der Waals surface area (Å²) in [6.45, 7) is 0.594. The number of amides is 1. The van der Waals surface area contributed by atoms with Crippen molar-refractivity contribution in [2.24, 2.45) is 0 Å². The van der Waals surface area contributed by atoms with Gasteiger partial charge >= 0.3 is 0 Å². The summed E-state index contributed by atoms with van der Waals surface area (Å²) in [5, 5.41) is 11.2. The van der Waals surface area contributed by atoms with Crippen molar-refractivity contribution < 1.29 is 9.90 Å². The molecule has 1 amide bonds. The number of carbonyl (C=O) groups excluding carboxylic acids is 1. The molecule has 0 bridgehead atoms. The quantitative estimate of drug-likeness (QED) is 0.641. The summed E-state index contributed by atoms with van der Waals surface area (Å²) in [5.41, 5.74) is 0.973. The lowest BCUT2D eigenvalue weighted by Crippen LogP contribution is -2.22. The van der Waals surface area contributed by atoms with Crippen molar-refractivity contribution in [1.82, 2.24) is 5.32 Å². The molecule has 0 spiro atoms. The number of carbonyl (C=O) groups is 1. The van der Waals surface area contributed by atoms with Crippen LogP contribution in [0, 0.1) is 0 Å². The number of nitrogens with one attached hydrogen (secondary N) is 1. The van der Waals surface area contributed by atoms with E-state index in [2.05, 4.69) is 21.2 Å². The highest BCUT2D eigenvalue weighted by Crippen LogP contribution is 2.11. The Bertz CT molecular complexity index is 360. The van der Waals surface area contributed by atoms with Crippen molar-refractivity contribution in [2.45, 2.75) is 6.42 Å². The molecule has 0 radical (unpaired) electrons. The lowest BCUT2D eigenvalue weighted by molar-refractivity contribution is -0.116. The predicted molar refractivity (Wildman–Crippen MR) is 67.9 cm³/mol. The molecular formula is C12H14BrNO2. The molecule has 0 aliphatic heterocycles. The van der Waals surface area contributed by atoms with Crippen LogP contribution in [-0.4, -0.2) is 24.2 Å². The van der Waals surface area contributed by atoms with Gasteiger partial charge in [-0.3, -0.25) is 4.79 Å². The molecule has 3 nitrogen and oxygen atoms in total. The van der Waals surface area contributed by atoms with Crippen molar-refractivity contribution in [3.8, 4) is 0 Å². The van der Waals surface area contributed by atoms with Gasteiger partial charge in [-0.2, -0.15) is 0 Å². The molecular weight excluding hydrogens is 270 g/mol. The zero-order chi connectivity index (χ0) is 11.8. The molecule has 0 atom stereocenters. The van der Waals surface area contributed by atoms with E-state index in [0.717, 1.165) is 10.0 Å². The van der Waals surface area contributed by atoms with Gasteiger partial charge < -0.3 is 10.4 Å². The second-order valence-electron chi connectivity index (χ2n) is 3.25. The van der Waals surface area contributed by atoms with E-state index in [1.807, 2.05) is 24.3 Å². The molecule has 16 heavy (non-hydrogen) atoms. The highest BCUT2D eigenvalue weighted by molar-refractivity contribution is 9.10. The first-order chi connectivity index (χ1) is 7.72. The van der Waals surface area contributed by atoms with Gasteiger partial charge in [0.05, 0.1) is 0 Å². The van der Waals surface area contributed by atoms with Crippen LogP contribution in [-0.2, 0) is 4.79 Å². The highest BCUT2D eigenvalue weighted by Gasteiger charge is 1.94. The van der Waals surface area contributed by atoms with Crippen LogP contribution in [0.4, 0.5) is 0 Å². The van der Waals surface area contributed by atoms with Gasteiger partial charge in [0, 0.05) is 23.7 Å². The summed E-state index contributed by atoms with van der Waals surface area (Å²) in [7, 11) is 0. The summed E-state index contributed by atoms with van der Waals surface area (Å²) in [6.07, 6.45) is 3.82. The number of halogens is 1. The Morgan fingerprint density at radius 2 is 2.06 bits per heavy atom. The maximum absolute atomic E-state index is 11.3. The molecule has 86 valence electrons. The second-order valence-corrected chi connectivity index (χ2v) is 4.17. The molecule has 0 aliphatic rings. The minimum atomic E-state index is -0.142. The van der Waals surface area contributed by atoms with E-state index < -0.39 is 0 Å². The number of benzene rings is 1. The van der Waals surface area contributed by atoms with Crippen LogP contribution in [0.25, 0.3) is 6.08 Å². The van der Waals surface area contributed by atoms with Gasteiger partial charge in [0.25, 0.3) is 0 Å². The average Bonchev–Trinajstić information content (AvgIpc) is 2.29. The molecule has 2 N–H and O–H groups in total. The van der Waals surface area contributed by atoms with Gasteiger partial charge in [-0.25, -0.2) is 0 Å². The minimum Gasteiger partial charge on any atom is -0.396 e. The molecule has 0 aromatic heterocycles. The zero-order valence-corrected chi connectivity index (χ0v) is 10.4. The molecule has 0 fully saturated rings. The van der Waals surface area contributed by atoms with Gasteiger partial charge in [0.2, 0.25) is 5.91 Å². The zero-order valence-electron chi connectivity index (χ0n) is 8.82. The number of hydrogen-bond acceptors (Lipinski definition) is 2. The Balaban J connectivity index is 2.41. The maximum Gasteiger partial charge on any atom is 0.244 e. The SMILES string of the molecule is O=C(/C=C/c1ccc(Br)cc1)NCCCO. The normalized spacial score (nSPS) is 10.6. The molecule has 0 saturated heterocycles. The molecule has 1 rings (SSSR count). The number of rotatable bonds is 5. The topological polar surface area (TPSA) is 49.3 Å². The molecule has 4 heteroatoms. The third-order valence-electron chi connectivity index (χ3n) is 1.93. The Kier molecular flexibility index (Phi) is 5.82. The Morgan fingerprint density at radius 1 is 1.38 bits per heavy atom. The van der Waals surface area contributed by atoms with Crippen LogP contribution < -0.4 is 5.32 Å². The molecule has 0 heterocycles. The Labute approximate surface area is 103 Å². The number of aliphatic hydroxyl groups is 1. The summed E-state index contributed by atoms with van der Waals surface area (Å²) in [5.74, 6) is -0.142. The second kappa shape index (κ2) is 7.19. The first-order valence-electron chi connectivity index (χ1n) is 5.04. The monoisotopic (exact) mass is 283 g/mol. The number of hydrogen-bond donors (Lipinski definition) is 2. The van der Waals surface area contributed by atoms with E-state index in [0.29, 0.717) is 13.0 Å². The molecule has 0 saturated carbocycles. The lowest BCUT2D eigenvalue weighted by atomic mass is 10.2. The first-order valence-corrected chi connectivity index (χ1v) is 5.84. The smallest absolute Gasteiger partial charge is 0.244 e. The first kappa shape index (κ1) is 12.9. The third-order valence-corrected chi connectivity index (χ3v) is 2.46. The van der Waals surface area contributed by atoms with Crippen molar-refractivity contribution >= 4 is 27.9 Å². The van der Waals surface area contributed by atoms with E-state index in [1.54, 1.807) is 6.08 Å². The van der Waals surface area contributed by atoms with Gasteiger partial charge in [0.15, 0.2) is 0 Å². The lowest BCUT2D eigenvalue weighted by Gasteiger charge is -1.99. The maximum atomic E-state index is 11.3. The summed E-state index contributed by atoms with van der Waals surface area (Å²) in [4.78, 5) is 11.3. The number of aliphatic hydroxyl groups excluding tert-OH is 1. The van der Waals surface area contributed by atoms with Crippen molar-refractivity contribution in [2.75, 3.05) is 13.2 Å². The van der Waals surface area contributed by atoms with Crippen LogP contribution in [0.1, 0.15) is 12.0 Å². The van der Waals surface area contributed by atoms with E-state index in [9.17, 15) is 4.79 Å². The van der Waals surface area contributed by atoms with E-state index in [4.69, 9.17) is 5.11 Å². The largest absolute Gasteiger partial charge is 0.396 e. The highest BCUT2D eigenvalue weighted by atomic mass is 79.9. The van der Waals surface area contributed by atoms with Gasteiger partial charge in [0.1, 0.15) is 0 Å². The minimum absolute atomic E-state index is 0.0940. The Hall–Kier alpha value is -1.13. The van der Waals surface area contributed by atoms with Crippen LogP contribution in [0.5, 0.6) is 0 Å². The fraction of sp³-hybridized carbons (Fsp3) is 0.250. The van der Waals surface area contributed by atoms with E-state index in [1.165, 1.54) is 6.08 Å². The van der Waals surface area contributed by atoms with E-state index in [-0.39, 0.29) is 12.5 Å². The summed E-state index contributed by atoms with van der Waals surface area (Å²) in [6, 6.07) is 7.68. The van der Waals surface area contributed by atoms with Gasteiger partial charge in [-0.1, -0.05) is 28.1 Å². The van der Waals surface area contributed by atoms with E-state index >= 15 is 0 Å². The predicted octanol–water partition coefficient (Wildman–Crippen LogP) is 1.96. The average molecular weight is 284 g/mol. The molecule has 0 aliphatic carbocycles. The van der Waals surface area contributed by atoms with Crippen LogP contribution in [0.2, 0.25) is 0 Å².